The number of alkyl halides is 4. The van der Waals surface area contributed by atoms with Gasteiger partial charge in [-0.1, -0.05) is 15.9 Å². The van der Waals surface area contributed by atoms with Crippen LogP contribution in [0.4, 0.5) is 13.2 Å². The van der Waals surface area contributed by atoms with Crippen molar-refractivity contribution < 1.29 is 18.0 Å². The Kier molecular flexibility index (Phi) is 6.51. The lowest BCUT2D eigenvalue weighted by Gasteiger charge is -2.21. The predicted molar refractivity (Wildman–Crippen MR) is 79.1 cm³/mol. The van der Waals surface area contributed by atoms with Gasteiger partial charge in [-0.05, 0) is 47.5 Å². The van der Waals surface area contributed by atoms with Gasteiger partial charge < -0.3 is 4.90 Å². The molecule has 0 aliphatic heterocycles. The topological polar surface area (TPSA) is 20.3 Å². The predicted octanol–water partition coefficient (Wildman–Crippen LogP) is 4.72. The number of amides is 1. The Balaban J connectivity index is 3.07. The van der Waals surface area contributed by atoms with Gasteiger partial charge in [0, 0.05) is 22.9 Å². The van der Waals surface area contributed by atoms with Crippen LogP contribution in [0.5, 0.6) is 0 Å². The molecule has 0 saturated heterocycles. The minimum absolute atomic E-state index is 0.0382. The van der Waals surface area contributed by atoms with Crippen molar-refractivity contribution in [1.29, 1.82) is 0 Å². The molecule has 1 rings (SSSR count). The molecule has 112 valence electrons. The normalized spacial score (nSPS) is 11.5. The minimum Gasteiger partial charge on any atom is -0.339 e. The quantitative estimate of drug-likeness (QED) is 0.636. The summed E-state index contributed by atoms with van der Waals surface area (Å²) in [7, 11) is 0. The van der Waals surface area contributed by atoms with Gasteiger partial charge in [-0.15, -0.1) is 0 Å². The van der Waals surface area contributed by atoms with E-state index in [1.807, 2.05) is 0 Å². The summed E-state index contributed by atoms with van der Waals surface area (Å²) in [6.07, 6.45) is -3.71. The van der Waals surface area contributed by atoms with Gasteiger partial charge in [0.25, 0.3) is 5.91 Å². The van der Waals surface area contributed by atoms with Crippen molar-refractivity contribution in [2.45, 2.75) is 19.5 Å². The fourth-order valence-corrected chi connectivity index (χ4v) is 2.36. The van der Waals surface area contributed by atoms with Crippen LogP contribution in [0.25, 0.3) is 0 Å². The Morgan fingerprint density at radius 2 is 2.00 bits per heavy atom. The zero-order valence-corrected chi connectivity index (χ0v) is 14.0. The molecule has 0 fully saturated rings. The van der Waals surface area contributed by atoms with Gasteiger partial charge in [-0.3, -0.25) is 4.79 Å². The van der Waals surface area contributed by atoms with Crippen LogP contribution in [0.15, 0.2) is 22.7 Å². The Morgan fingerprint density at radius 1 is 1.35 bits per heavy atom. The number of rotatable bonds is 5. The average Bonchev–Trinajstić information content (AvgIpc) is 2.38. The average molecular weight is 417 g/mol. The number of benzene rings is 1. The zero-order valence-electron chi connectivity index (χ0n) is 10.8. The first-order valence-corrected chi connectivity index (χ1v) is 7.94. The lowest BCUT2D eigenvalue weighted by atomic mass is 10.1. The number of hydrogen-bond donors (Lipinski definition) is 0. The smallest absolute Gasteiger partial charge is 0.339 e. The standard InChI is InChI=1S/C13H14Br2F3NO/c1-2-19(7-3-6-14)12(20)10-8-9(13(16,17)18)4-5-11(10)15/h4-5,8H,2-3,6-7H2,1H3. The van der Waals surface area contributed by atoms with Crippen LogP contribution in [0.3, 0.4) is 0 Å². The monoisotopic (exact) mass is 415 g/mol. The highest BCUT2D eigenvalue weighted by Crippen LogP contribution is 2.32. The first kappa shape index (κ1) is 17.5. The second-order valence-corrected chi connectivity index (χ2v) is 5.77. The molecule has 0 aromatic heterocycles. The molecule has 1 aromatic carbocycles. The Labute approximate surface area is 132 Å². The van der Waals surface area contributed by atoms with Gasteiger partial charge in [0.1, 0.15) is 0 Å². The van der Waals surface area contributed by atoms with Crippen LogP contribution in [0.2, 0.25) is 0 Å². The summed E-state index contributed by atoms with van der Waals surface area (Å²) in [5.74, 6) is -0.397. The Morgan fingerprint density at radius 3 is 2.50 bits per heavy atom. The van der Waals surface area contributed by atoms with E-state index < -0.39 is 17.6 Å². The van der Waals surface area contributed by atoms with Crippen LogP contribution in [-0.2, 0) is 6.18 Å². The summed E-state index contributed by atoms with van der Waals surface area (Å²) < 4.78 is 38.5. The van der Waals surface area contributed by atoms with Crippen molar-refractivity contribution in [3.05, 3.63) is 33.8 Å². The Bertz CT molecular complexity index is 477. The van der Waals surface area contributed by atoms with Crippen LogP contribution >= 0.6 is 31.9 Å². The number of carbonyl (C=O) groups excluding carboxylic acids is 1. The molecule has 20 heavy (non-hydrogen) atoms. The van der Waals surface area contributed by atoms with Crippen molar-refractivity contribution >= 4 is 37.8 Å². The molecule has 0 aliphatic carbocycles. The van der Waals surface area contributed by atoms with Gasteiger partial charge in [-0.2, -0.15) is 13.2 Å². The molecular weight excluding hydrogens is 403 g/mol. The third kappa shape index (κ3) is 4.48. The molecule has 0 heterocycles. The van der Waals surface area contributed by atoms with E-state index >= 15 is 0 Å². The van der Waals surface area contributed by atoms with E-state index in [2.05, 4.69) is 31.9 Å². The molecule has 0 N–H and O–H groups in total. The van der Waals surface area contributed by atoms with E-state index in [1.54, 1.807) is 6.92 Å². The van der Waals surface area contributed by atoms with Gasteiger partial charge in [0.15, 0.2) is 0 Å². The molecule has 2 nitrogen and oxygen atoms in total. The molecule has 7 heteroatoms. The van der Waals surface area contributed by atoms with E-state index in [1.165, 1.54) is 11.0 Å². The van der Waals surface area contributed by atoms with E-state index in [4.69, 9.17) is 0 Å². The number of carbonyl (C=O) groups is 1. The van der Waals surface area contributed by atoms with Crippen molar-refractivity contribution in [1.82, 2.24) is 4.90 Å². The van der Waals surface area contributed by atoms with Crippen molar-refractivity contribution in [3.63, 3.8) is 0 Å². The molecule has 0 saturated carbocycles. The van der Waals surface area contributed by atoms with Crippen molar-refractivity contribution in [2.75, 3.05) is 18.4 Å². The van der Waals surface area contributed by atoms with E-state index in [0.29, 0.717) is 17.6 Å². The molecule has 1 amide bonds. The van der Waals surface area contributed by atoms with E-state index in [0.717, 1.165) is 23.9 Å². The second kappa shape index (κ2) is 7.45. The Hall–Kier alpha value is -0.560. The molecule has 0 unspecified atom stereocenters. The summed E-state index contributed by atoms with van der Waals surface area (Å²) in [5.41, 5.74) is -0.781. The van der Waals surface area contributed by atoms with Gasteiger partial charge >= 0.3 is 6.18 Å². The largest absolute Gasteiger partial charge is 0.416 e. The molecule has 0 spiro atoms. The maximum absolute atomic E-state index is 12.7. The van der Waals surface area contributed by atoms with Crippen molar-refractivity contribution in [2.24, 2.45) is 0 Å². The number of halogens is 5. The highest BCUT2D eigenvalue weighted by molar-refractivity contribution is 9.10. The minimum atomic E-state index is -4.46. The third-order valence-corrected chi connectivity index (χ3v) is 4.01. The summed E-state index contributed by atoms with van der Waals surface area (Å²) in [4.78, 5) is 13.8. The molecule has 1 aromatic rings. The summed E-state index contributed by atoms with van der Waals surface area (Å²) >= 11 is 6.41. The van der Waals surface area contributed by atoms with Crippen LogP contribution in [0.1, 0.15) is 29.3 Å². The molecule has 0 aliphatic rings. The van der Waals surface area contributed by atoms with Crippen molar-refractivity contribution in [3.8, 4) is 0 Å². The SMILES string of the molecule is CCN(CCCBr)C(=O)c1cc(C(F)(F)F)ccc1Br. The van der Waals surface area contributed by atoms with Crippen LogP contribution < -0.4 is 0 Å². The zero-order chi connectivity index (χ0) is 15.3. The van der Waals surface area contributed by atoms with Gasteiger partial charge in [0.2, 0.25) is 0 Å². The van der Waals surface area contributed by atoms with Gasteiger partial charge in [0.05, 0.1) is 11.1 Å². The fourth-order valence-electron chi connectivity index (χ4n) is 1.69. The van der Waals surface area contributed by atoms with E-state index in [-0.39, 0.29) is 5.56 Å². The molecule has 0 atom stereocenters. The number of hydrogen-bond acceptors (Lipinski definition) is 1. The molecule has 0 radical (unpaired) electrons. The third-order valence-electron chi connectivity index (χ3n) is 2.75. The first-order valence-electron chi connectivity index (χ1n) is 6.03. The second-order valence-electron chi connectivity index (χ2n) is 4.12. The molecular formula is C13H14Br2F3NO. The van der Waals surface area contributed by atoms with Crippen LogP contribution in [0, 0.1) is 0 Å². The number of nitrogens with zero attached hydrogens (tertiary/aromatic N) is 1. The lowest BCUT2D eigenvalue weighted by Crippen LogP contribution is -2.32. The molecule has 0 bridgehead atoms. The van der Waals surface area contributed by atoms with Gasteiger partial charge in [-0.25, -0.2) is 0 Å². The highest BCUT2D eigenvalue weighted by Gasteiger charge is 2.32. The van der Waals surface area contributed by atoms with E-state index in [9.17, 15) is 18.0 Å². The maximum atomic E-state index is 12.7. The lowest BCUT2D eigenvalue weighted by molar-refractivity contribution is -0.137. The summed E-state index contributed by atoms with van der Waals surface area (Å²) in [6, 6.07) is 3.10. The maximum Gasteiger partial charge on any atom is 0.416 e. The fraction of sp³-hybridized carbons (Fsp3) is 0.462. The van der Waals surface area contributed by atoms with Crippen LogP contribution in [-0.4, -0.2) is 29.2 Å². The first-order chi connectivity index (χ1) is 9.31. The summed E-state index contributed by atoms with van der Waals surface area (Å²) in [6.45, 7) is 2.76. The highest BCUT2D eigenvalue weighted by atomic mass is 79.9. The summed E-state index contributed by atoms with van der Waals surface area (Å²) in [5, 5.41) is 0.737.